The Morgan fingerprint density at radius 2 is 2.00 bits per heavy atom. The summed E-state index contributed by atoms with van der Waals surface area (Å²) in [6.07, 6.45) is 5.72. The number of nitrogens with zero attached hydrogens (tertiary/aromatic N) is 6. The highest BCUT2D eigenvalue weighted by Crippen LogP contribution is 2.49. The highest BCUT2D eigenvalue weighted by Gasteiger charge is 2.56. The van der Waals surface area contributed by atoms with Gasteiger partial charge < -0.3 is 14.0 Å². The second-order valence-electron chi connectivity index (χ2n) is 9.78. The van der Waals surface area contributed by atoms with Gasteiger partial charge in [-0.2, -0.15) is 5.26 Å². The van der Waals surface area contributed by atoms with Crippen LogP contribution >= 0.6 is 11.6 Å². The molecule has 6 rings (SSSR count). The Balaban J connectivity index is 1.55. The molecule has 4 heterocycles. The minimum atomic E-state index is -1.76. The Morgan fingerprint density at radius 3 is 2.63 bits per heavy atom. The van der Waals surface area contributed by atoms with Gasteiger partial charge in [-0.3, -0.25) is 14.5 Å². The van der Waals surface area contributed by atoms with Crippen molar-refractivity contribution < 1.29 is 23.5 Å². The van der Waals surface area contributed by atoms with E-state index in [-0.39, 0.29) is 46.9 Å². The number of hydrogen-bond acceptors (Lipinski definition) is 8. The monoisotopic (exact) mass is 572 g/mol. The van der Waals surface area contributed by atoms with E-state index in [0.29, 0.717) is 23.6 Å². The van der Waals surface area contributed by atoms with Crippen LogP contribution in [0.15, 0.2) is 61.3 Å². The fourth-order valence-electron chi connectivity index (χ4n) is 5.18. The second kappa shape index (κ2) is 10.5. The third-order valence-electron chi connectivity index (χ3n) is 7.08. The summed E-state index contributed by atoms with van der Waals surface area (Å²) in [6, 6.07) is 11.0. The van der Waals surface area contributed by atoms with Gasteiger partial charge in [0.25, 0.3) is 5.91 Å². The van der Waals surface area contributed by atoms with E-state index in [1.165, 1.54) is 35.9 Å². The quantitative estimate of drug-likeness (QED) is 0.307. The Hall–Kier alpha value is -4.50. The predicted octanol–water partition coefficient (Wildman–Crippen LogP) is 3.77. The molecule has 10 nitrogen and oxygen atoms in total. The number of fused-ring (bicyclic) bond motifs is 1. The maximum absolute atomic E-state index is 16.4. The summed E-state index contributed by atoms with van der Waals surface area (Å²) in [6.45, 7) is 0.511. The summed E-state index contributed by atoms with van der Waals surface area (Å²) < 4.78 is 30.2. The van der Waals surface area contributed by atoms with Gasteiger partial charge in [0.2, 0.25) is 11.5 Å². The lowest BCUT2D eigenvalue weighted by atomic mass is 9.90. The van der Waals surface area contributed by atoms with Crippen LogP contribution in [0.3, 0.4) is 0 Å². The topological polar surface area (TPSA) is 123 Å². The lowest BCUT2D eigenvalue weighted by Crippen LogP contribution is -2.49. The van der Waals surface area contributed by atoms with E-state index in [1.807, 2.05) is 6.07 Å². The Labute approximate surface area is 238 Å². The number of aromatic nitrogens is 4. The maximum atomic E-state index is 16.4. The molecule has 1 amide bonds. The zero-order valence-corrected chi connectivity index (χ0v) is 22.5. The van der Waals surface area contributed by atoms with E-state index in [1.54, 1.807) is 35.9 Å². The van der Waals surface area contributed by atoms with Crippen LogP contribution in [0.1, 0.15) is 55.3 Å². The molecule has 0 bridgehead atoms. The number of ketones is 1. The van der Waals surface area contributed by atoms with Gasteiger partial charge in [0.05, 0.1) is 42.3 Å². The number of aryl methyl sites for hydroxylation is 1. The molecular weight excluding hydrogens is 551 g/mol. The summed E-state index contributed by atoms with van der Waals surface area (Å²) in [4.78, 5) is 41.3. The number of halogens is 2. The molecule has 0 aliphatic carbocycles. The fraction of sp³-hybridized carbons (Fsp3) is 0.241. The number of hydrogen-bond donors (Lipinski definition) is 0. The Kier molecular flexibility index (Phi) is 6.83. The number of carbonyl (C=O) groups excluding carboxylic acids is 2. The number of imidazole rings is 1. The lowest BCUT2D eigenvalue weighted by molar-refractivity contribution is -0.149. The molecule has 41 heavy (non-hydrogen) atoms. The van der Waals surface area contributed by atoms with Crippen LogP contribution < -0.4 is 0 Å². The third-order valence-corrected chi connectivity index (χ3v) is 7.33. The largest absolute Gasteiger partial charge is 0.379 e. The van der Waals surface area contributed by atoms with Gasteiger partial charge in [0, 0.05) is 48.4 Å². The zero-order valence-electron chi connectivity index (χ0n) is 21.8. The van der Waals surface area contributed by atoms with Crippen molar-refractivity contribution in [2.45, 2.75) is 24.8 Å². The first-order chi connectivity index (χ1) is 19.8. The molecular formula is C29H22ClFN6O4. The molecule has 2 aromatic carbocycles. The van der Waals surface area contributed by atoms with Crippen molar-refractivity contribution in [1.29, 1.82) is 5.26 Å². The summed E-state index contributed by atoms with van der Waals surface area (Å²) in [5.74, 6) is -1.71. The number of carbonyl (C=O) groups is 2. The molecule has 2 aliphatic heterocycles. The van der Waals surface area contributed by atoms with Gasteiger partial charge in [0.1, 0.15) is 23.4 Å². The first-order valence-electron chi connectivity index (χ1n) is 12.7. The standard InChI is InChI=1S/C29H22ClFN6O4/c1-36-13-24(35-16-36)27(38)18-8-22-26(23(31)9-18)29(41-21-6-7-40-15-21,19-2-4-20(30)5-3-19)37(28(22)39)14-25-33-11-17(10-32)12-34-25/h2-5,8-9,11-13,16,21H,6-7,14-15H2,1H3/t21-,29+/m0/s1. The molecule has 206 valence electrons. The number of benzene rings is 2. The smallest absolute Gasteiger partial charge is 0.257 e. The fourth-order valence-corrected chi connectivity index (χ4v) is 5.31. The first-order valence-corrected chi connectivity index (χ1v) is 13.1. The highest BCUT2D eigenvalue weighted by molar-refractivity contribution is 6.30. The summed E-state index contributed by atoms with van der Waals surface area (Å²) in [7, 11) is 1.71. The average Bonchev–Trinajstić information content (AvgIpc) is 3.70. The summed E-state index contributed by atoms with van der Waals surface area (Å²) in [5, 5.41) is 9.60. The Morgan fingerprint density at radius 1 is 1.24 bits per heavy atom. The van der Waals surface area contributed by atoms with Crippen LogP contribution in [0.5, 0.6) is 0 Å². The molecule has 12 heteroatoms. The van der Waals surface area contributed by atoms with Crippen molar-refractivity contribution in [3.05, 3.63) is 111 Å². The van der Waals surface area contributed by atoms with E-state index in [2.05, 4.69) is 15.0 Å². The van der Waals surface area contributed by atoms with E-state index in [4.69, 9.17) is 26.3 Å². The molecule has 2 atom stereocenters. The van der Waals surface area contributed by atoms with Crippen molar-refractivity contribution in [3.63, 3.8) is 0 Å². The van der Waals surface area contributed by atoms with Gasteiger partial charge in [-0.25, -0.2) is 19.3 Å². The van der Waals surface area contributed by atoms with Gasteiger partial charge in [-0.1, -0.05) is 23.7 Å². The van der Waals surface area contributed by atoms with E-state index in [0.717, 1.165) is 6.07 Å². The van der Waals surface area contributed by atoms with Gasteiger partial charge in [0.15, 0.2) is 0 Å². The van der Waals surface area contributed by atoms with Crippen LogP contribution in [-0.4, -0.2) is 55.4 Å². The molecule has 0 unspecified atom stereocenters. The minimum absolute atomic E-state index is 0.0287. The van der Waals surface area contributed by atoms with Crippen LogP contribution in [0.4, 0.5) is 4.39 Å². The maximum Gasteiger partial charge on any atom is 0.257 e. The second-order valence-corrected chi connectivity index (χ2v) is 10.2. The average molecular weight is 573 g/mol. The SMILES string of the molecule is Cn1cnc(C(=O)c2cc(F)c3c(c2)C(=O)N(Cc2ncc(C#N)cn2)[C@@]3(O[C@H]2CCOC2)c2ccc(Cl)cc2)c1. The molecule has 0 N–H and O–H groups in total. The first kappa shape index (κ1) is 26.7. The highest BCUT2D eigenvalue weighted by atomic mass is 35.5. The van der Waals surface area contributed by atoms with Crippen molar-refractivity contribution in [3.8, 4) is 6.07 Å². The minimum Gasteiger partial charge on any atom is -0.379 e. The summed E-state index contributed by atoms with van der Waals surface area (Å²) in [5.41, 5.74) is -1.06. The molecule has 1 fully saturated rings. The van der Waals surface area contributed by atoms with Gasteiger partial charge >= 0.3 is 0 Å². The van der Waals surface area contributed by atoms with Crippen molar-refractivity contribution in [2.24, 2.45) is 7.05 Å². The number of rotatable bonds is 7. The van der Waals surface area contributed by atoms with Crippen molar-refractivity contribution in [2.75, 3.05) is 13.2 Å². The van der Waals surface area contributed by atoms with E-state index >= 15 is 4.39 Å². The van der Waals surface area contributed by atoms with E-state index < -0.39 is 29.3 Å². The predicted molar refractivity (Wildman–Crippen MR) is 142 cm³/mol. The van der Waals surface area contributed by atoms with Crippen LogP contribution in [0.25, 0.3) is 0 Å². The molecule has 2 aromatic heterocycles. The van der Waals surface area contributed by atoms with Crippen LogP contribution in [0.2, 0.25) is 5.02 Å². The Bertz CT molecular complexity index is 1700. The third kappa shape index (κ3) is 4.66. The van der Waals surface area contributed by atoms with Crippen molar-refractivity contribution in [1.82, 2.24) is 24.4 Å². The molecule has 0 spiro atoms. The number of amides is 1. The van der Waals surface area contributed by atoms with Gasteiger partial charge in [-0.15, -0.1) is 0 Å². The molecule has 2 aliphatic rings. The lowest BCUT2D eigenvalue weighted by Gasteiger charge is -2.40. The molecule has 0 radical (unpaired) electrons. The van der Waals surface area contributed by atoms with Gasteiger partial charge in [-0.05, 0) is 30.7 Å². The molecule has 4 aromatic rings. The van der Waals surface area contributed by atoms with Crippen LogP contribution in [-0.2, 0) is 28.8 Å². The summed E-state index contributed by atoms with van der Waals surface area (Å²) >= 11 is 6.20. The molecule has 0 saturated carbocycles. The molecule has 1 saturated heterocycles. The van der Waals surface area contributed by atoms with Crippen LogP contribution in [0, 0.1) is 17.1 Å². The number of nitriles is 1. The van der Waals surface area contributed by atoms with E-state index in [9.17, 15) is 9.59 Å². The van der Waals surface area contributed by atoms with Crippen molar-refractivity contribution >= 4 is 23.3 Å². The number of ether oxygens (including phenoxy) is 2. The normalized spacial score (nSPS) is 19.8. The zero-order chi connectivity index (χ0) is 28.7.